The molecule has 0 saturated heterocycles. The second-order valence-corrected chi connectivity index (χ2v) is 10.0. The van der Waals surface area contributed by atoms with Crippen LogP contribution in [0, 0.1) is 3.57 Å². The van der Waals surface area contributed by atoms with E-state index >= 15 is 0 Å². The first-order chi connectivity index (χ1) is 16.8. The van der Waals surface area contributed by atoms with Crippen molar-refractivity contribution in [3.8, 4) is 11.1 Å². The molecule has 1 heterocycles. The number of carbonyl (C=O) groups excluding carboxylic acids is 1. The summed E-state index contributed by atoms with van der Waals surface area (Å²) in [6.07, 6.45) is 1.88. The molecule has 2 atom stereocenters. The van der Waals surface area contributed by atoms with Gasteiger partial charge in [0.15, 0.2) is 0 Å². The molecule has 0 aliphatic rings. The number of anilines is 1. The van der Waals surface area contributed by atoms with Gasteiger partial charge in [-0.05, 0) is 89.0 Å². The molecule has 6 heteroatoms. The summed E-state index contributed by atoms with van der Waals surface area (Å²) in [7, 11) is 0. The molecule has 1 amide bonds. The van der Waals surface area contributed by atoms with Crippen molar-refractivity contribution < 1.29 is 4.79 Å². The number of amides is 1. The summed E-state index contributed by atoms with van der Waals surface area (Å²) >= 11 is 2.23. The fraction of sp³-hybridized carbons (Fsp3) is 0.172. The molecule has 3 aromatic carbocycles. The van der Waals surface area contributed by atoms with Crippen molar-refractivity contribution >= 4 is 34.2 Å². The van der Waals surface area contributed by atoms with Crippen LogP contribution in [0.3, 0.4) is 0 Å². The Morgan fingerprint density at radius 2 is 1.54 bits per heavy atom. The van der Waals surface area contributed by atoms with Crippen molar-refractivity contribution in [2.75, 3.05) is 5.32 Å². The maximum absolute atomic E-state index is 13.2. The summed E-state index contributed by atoms with van der Waals surface area (Å²) in [6, 6.07) is 28.2. The Morgan fingerprint density at radius 3 is 2.23 bits per heavy atom. The van der Waals surface area contributed by atoms with E-state index < -0.39 is 6.04 Å². The number of nitrogens with zero attached hydrogens (tertiary/aromatic N) is 1. The molecular formula is C29H28IN3O2. The van der Waals surface area contributed by atoms with Gasteiger partial charge in [0.2, 0.25) is 5.91 Å². The number of carbonyl (C=O) groups is 1. The lowest BCUT2D eigenvalue weighted by atomic mass is 9.84. The van der Waals surface area contributed by atoms with E-state index in [0.717, 1.165) is 25.8 Å². The number of nitrogens with one attached hydrogen (secondary N) is 1. The summed E-state index contributed by atoms with van der Waals surface area (Å²) < 4.78 is 2.81. The van der Waals surface area contributed by atoms with Gasteiger partial charge in [-0.2, -0.15) is 0 Å². The second kappa shape index (κ2) is 11.0. The molecule has 178 valence electrons. The number of pyridine rings is 1. The smallest absolute Gasteiger partial charge is 0.250 e. The average molecular weight is 577 g/mol. The fourth-order valence-electron chi connectivity index (χ4n) is 4.17. The monoisotopic (exact) mass is 577 g/mol. The molecule has 0 aliphatic heterocycles. The van der Waals surface area contributed by atoms with Crippen LogP contribution in [0.1, 0.15) is 36.9 Å². The lowest BCUT2D eigenvalue weighted by Crippen LogP contribution is -2.41. The Labute approximate surface area is 219 Å². The molecule has 35 heavy (non-hydrogen) atoms. The first kappa shape index (κ1) is 24.9. The molecule has 4 rings (SSSR count). The minimum absolute atomic E-state index is 0.0311. The topological polar surface area (TPSA) is 77.1 Å². The summed E-state index contributed by atoms with van der Waals surface area (Å²) in [5.74, 6) is -0.602. The number of rotatable bonds is 7. The van der Waals surface area contributed by atoms with E-state index in [1.165, 1.54) is 0 Å². The van der Waals surface area contributed by atoms with Crippen LogP contribution in [0.2, 0.25) is 0 Å². The minimum Gasteiger partial charge on any atom is -0.325 e. The minimum atomic E-state index is -0.809. The molecule has 4 aromatic rings. The number of halogens is 1. The van der Waals surface area contributed by atoms with Gasteiger partial charge in [-0.25, -0.2) is 0 Å². The van der Waals surface area contributed by atoms with Crippen LogP contribution in [0.15, 0.2) is 102 Å². The van der Waals surface area contributed by atoms with Gasteiger partial charge in [0, 0.05) is 33.5 Å². The first-order valence-electron chi connectivity index (χ1n) is 11.5. The van der Waals surface area contributed by atoms with Crippen LogP contribution in [0.25, 0.3) is 11.1 Å². The van der Waals surface area contributed by atoms with Crippen LogP contribution < -0.4 is 16.6 Å². The van der Waals surface area contributed by atoms with E-state index in [9.17, 15) is 9.59 Å². The predicted molar refractivity (Wildman–Crippen MR) is 151 cm³/mol. The second-order valence-electron chi connectivity index (χ2n) is 8.79. The van der Waals surface area contributed by atoms with Crippen LogP contribution in [-0.4, -0.2) is 16.5 Å². The molecular weight excluding hydrogens is 549 g/mol. The molecule has 0 spiro atoms. The number of hydrogen-bond acceptors (Lipinski definition) is 3. The van der Waals surface area contributed by atoms with Gasteiger partial charge < -0.3 is 15.6 Å². The Morgan fingerprint density at radius 1 is 0.857 bits per heavy atom. The number of hydrogen-bond donors (Lipinski definition) is 2. The van der Waals surface area contributed by atoms with Crippen LogP contribution in [0.4, 0.5) is 5.69 Å². The molecule has 3 N–H and O–H groups in total. The summed E-state index contributed by atoms with van der Waals surface area (Å²) in [4.78, 5) is 25.5. The van der Waals surface area contributed by atoms with Gasteiger partial charge in [-0.1, -0.05) is 54.6 Å². The zero-order chi connectivity index (χ0) is 24.9. The van der Waals surface area contributed by atoms with Crippen molar-refractivity contribution in [3.05, 3.63) is 122 Å². The number of benzene rings is 3. The summed E-state index contributed by atoms with van der Waals surface area (Å²) in [5.41, 5.74) is 11.1. The van der Waals surface area contributed by atoms with Crippen LogP contribution in [-0.2, 0) is 4.79 Å². The SMILES string of the molecule is CC(C)n1cc(-c2cccc(C(c3ccccc3)C(N)C(=O)Nc3ccc(I)cc3)c2)ccc1=O. The Balaban J connectivity index is 1.71. The van der Waals surface area contributed by atoms with E-state index in [1.54, 1.807) is 10.6 Å². The maximum Gasteiger partial charge on any atom is 0.250 e. The van der Waals surface area contributed by atoms with E-state index in [-0.39, 0.29) is 23.4 Å². The molecule has 0 aliphatic carbocycles. The highest BCUT2D eigenvalue weighted by molar-refractivity contribution is 14.1. The highest BCUT2D eigenvalue weighted by Gasteiger charge is 2.28. The van der Waals surface area contributed by atoms with Gasteiger partial charge in [0.25, 0.3) is 5.56 Å². The largest absolute Gasteiger partial charge is 0.325 e. The van der Waals surface area contributed by atoms with Crippen LogP contribution in [0.5, 0.6) is 0 Å². The molecule has 5 nitrogen and oxygen atoms in total. The number of aromatic nitrogens is 1. The third-order valence-corrected chi connectivity index (χ3v) is 6.73. The molecule has 1 aromatic heterocycles. The zero-order valence-corrected chi connectivity index (χ0v) is 21.8. The quantitative estimate of drug-likeness (QED) is 0.273. The molecule has 0 fully saturated rings. The van der Waals surface area contributed by atoms with E-state index in [4.69, 9.17) is 5.73 Å². The van der Waals surface area contributed by atoms with E-state index in [2.05, 4.69) is 34.0 Å². The van der Waals surface area contributed by atoms with Crippen molar-refractivity contribution in [1.29, 1.82) is 0 Å². The predicted octanol–water partition coefficient (Wildman–Crippen LogP) is 5.80. The van der Waals surface area contributed by atoms with Gasteiger partial charge in [0.05, 0.1) is 6.04 Å². The summed E-state index contributed by atoms with van der Waals surface area (Å²) in [6.45, 7) is 3.97. The standard InChI is InChI=1S/C29H28IN3O2/c1-19(2)33-18-23(11-16-26(33)34)21-9-6-10-22(17-21)27(20-7-4-3-5-8-20)28(31)29(35)32-25-14-12-24(30)13-15-25/h3-19,27-28H,31H2,1-2H3,(H,32,35). The first-order valence-corrected chi connectivity index (χ1v) is 12.6. The highest BCUT2D eigenvalue weighted by Crippen LogP contribution is 2.31. The van der Waals surface area contributed by atoms with Gasteiger partial charge in [-0.3, -0.25) is 9.59 Å². The third-order valence-electron chi connectivity index (χ3n) is 6.01. The van der Waals surface area contributed by atoms with E-state index in [1.807, 2.05) is 98.9 Å². The van der Waals surface area contributed by atoms with Crippen molar-refractivity contribution in [1.82, 2.24) is 4.57 Å². The van der Waals surface area contributed by atoms with Gasteiger partial charge >= 0.3 is 0 Å². The average Bonchev–Trinajstić information content (AvgIpc) is 2.86. The lowest BCUT2D eigenvalue weighted by molar-refractivity contribution is -0.117. The lowest BCUT2D eigenvalue weighted by Gasteiger charge is -2.25. The Hall–Kier alpha value is -3.23. The number of nitrogens with two attached hydrogens (primary N) is 1. The fourth-order valence-corrected chi connectivity index (χ4v) is 4.53. The molecule has 0 bridgehead atoms. The van der Waals surface area contributed by atoms with E-state index in [0.29, 0.717) is 5.69 Å². The highest BCUT2D eigenvalue weighted by atomic mass is 127. The third kappa shape index (κ3) is 5.89. The summed E-state index contributed by atoms with van der Waals surface area (Å²) in [5, 5.41) is 2.96. The van der Waals surface area contributed by atoms with Gasteiger partial charge in [-0.15, -0.1) is 0 Å². The Kier molecular flexibility index (Phi) is 7.83. The van der Waals surface area contributed by atoms with Crippen LogP contribution >= 0.6 is 22.6 Å². The normalized spacial score (nSPS) is 12.8. The molecule has 0 radical (unpaired) electrons. The van der Waals surface area contributed by atoms with Crippen molar-refractivity contribution in [2.45, 2.75) is 31.8 Å². The van der Waals surface area contributed by atoms with Crippen molar-refractivity contribution in [2.24, 2.45) is 5.73 Å². The Bertz CT molecular complexity index is 1360. The molecule has 0 saturated carbocycles. The molecule has 2 unspecified atom stereocenters. The maximum atomic E-state index is 13.2. The zero-order valence-electron chi connectivity index (χ0n) is 19.7. The van der Waals surface area contributed by atoms with Crippen molar-refractivity contribution in [3.63, 3.8) is 0 Å². The van der Waals surface area contributed by atoms with Gasteiger partial charge in [0.1, 0.15) is 0 Å².